The number of benzene rings is 1. The maximum absolute atomic E-state index is 11.8. The first-order valence-electron chi connectivity index (χ1n) is 5.88. The summed E-state index contributed by atoms with van der Waals surface area (Å²) < 4.78 is 5.19. The topological polar surface area (TPSA) is 54.3 Å². The number of rotatable bonds is 5. The zero-order chi connectivity index (χ0) is 12.8. The number of furan rings is 1. The minimum absolute atomic E-state index is 0.0655. The Hall–Kier alpha value is -2.23. The molecule has 0 unspecified atom stereocenters. The molecule has 0 aliphatic carbocycles. The van der Waals surface area contributed by atoms with E-state index in [2.05, 4.69) is 10.6 Å². The van der Waals surface area contributed by atoms with Crippen LogP contribution >= 0.6 is 0 Å². The Morgan fingerprint density at radius 1 is 1.22 bits per heavy atom. The lowest BCUT2D eigenvalue weighted by atomic mass is 10.2. The Kier molecular flexibility index (Phi) is 4.02. The largest absolute Gasteiger partial charge is 0.469 e. The molecule has 2 N–H and O–H groups in total. The number of hydrogen-bond donors (Lipinski definition) is 2. The van der Waals surface area contributed by atoms with Gasteiger partial charge >= 0.3 is 0 Å². The maximum atomic E-state index is 11.8. The molecule has 0 radical (unpaired) electrons. The van der Waals surface area contributed by atoms with Crippen molar-refractivity contribution in [3.8, 4) is 0 Å². The second kappa shape index (κ2) is 5.91. The lowest BCUT2D eigenvalue weighted by molar-refractivity contribution is 0.0953. The van der Waals surface area contributed by atoms with Gasteiger partial charge in [-0.15, -0.1) is 0 Å². The first-order valence-corrected chi connectivity index (χ1v) is 5.88. The fourth-order valence-corrected chi connectivity index (χ4v) is 1.64. The minimum Gasteiger partial charge on any atom is -0.469 e. The molecule has 94 valence electrons. The van der Waals surface area contributed by atoms with Gasteiger partial charge in [-0.05, 0) is 36.4 Å². The molecule has 0 saturated heterocycles. The van der Waals surface area contributed by atoms with Gasteiger partial charge in [0, 0.05) is 31.3 Å². The van der Waals surface area contributed by atoms with E-state index in [0.717, 1.165) is 11.4 Å². The van der Waals surface area contributed by atoms with Crippen LogP contribution in [-0.4, -0.2) is 19.5 Å². The highest BCUT2D eigenvalue weighted by atomic mass is 16.3. The van der Waals surface area contributed by atoms with E-state index in [9.17, 15) is 4.79 Å². The third kappa shape index (κ3) is 3.13. The highest BCUT2D eigenvalue weighted by Crippen LogP contribution is 2.08. The van der Waals surface area contributed by atoms with Gasteiger partial charge < -0.3 is 15.1 Å². The summed E-state index contributed by atoms with van der Waals surface area (Å²) in [4.78, 5) is 11.8. The molecule has 1 aromatic carbocycles. The smallest absolute Gasteiger partial charge is 0.251 e. The highest BCUT2D eigenvalue weighted by Gasteiger charge is 2.04. The quantitative estimate of drug-likeness (QED) is 0.848. The summed E-state index contributed by atoms with van der Waals surface area (Å²) in [6, 6.07) is 11.1. The van der Waals surface area contributed by atoms with Crippen LogP contribution in [0.3, 0.4) is 0 Å². The lowest BCUT2D eigenvalue weighted by Crippen LogP contribution is -2.25. The van der Waals surface area contributed by atoms with Crippen LogP contribution in [0, 0.1) is 0 Å². The van der Waals surface area contributed by atoms with Crippen LogP contribution in [0.2, 0.25) is 0 Å². The first kappa shape index (κ1) is 12.2. The predicted octanol–water partition coefficient (Wildman–Crippen LogP) is 2.29. The van der Waals surface area contributed by atoms with Crippen LogP contribution in [0.4, 0.5) is 5.69 Å². The van der Waals surface area contributed by atoms with E-state index in [1.54, 1.807) is 18.4 Å². The molecule has 0 aliphatic heterocycles. The van der Waals surface area contributed by atoms with E-state index in [-0.39, 0.29) is 5.91 Å². The molecular weight excluding hydrogens is 228 g/mol. The summed E-state index contributed by atoms with van der Waals surface area (Å²) in [5.74, 6) is 0.810. The van der Waals surface area contributed by atoms with Crippen molar-refractivity contribution < 1.29 is 9.21 Å². The van der Waals surface area contributed by atoms with Crippen molar-refractivity contribution in [2.75, 3.05) is 18.9 Å². The molecule has 0 spiro atoms. The fraction of sp³-hybridized carbons (Fsp3) is 0.214. The summed E-state index contributed by atoms with van der Waals surface area (Å²) in [7, 11) is 1.85. The molecule has 1 heterocycles. The molecule has 0 aliphatic rings. The molecule has 4 nitrogen and oxygen atoms in total. The monoisotopic (exact) mass is 244 g/mol. The average molecular weight is 244 g/mol. The standard InChI is InChI=1S/C14H16N2O2/c1-15-12-6-4-11(5-7-12)14(17)16-9-8-13-3-2-10-18-13/h2-7,10,15H,8-9H2,1H3,(H,16,17). The van der Waals surface area contributed by atoms with Crippen molar-refractivity contribution in [3.63, 3.8) is 0 Å². The van der Waals surface area contributed by atoms with Gasteiger partial charge in [0.25, 0.3) is 5.91 Å². The Labute approximate surface area is 106 Å². The second-order valence-electron chi connectivity index (χ2n) is 3.91. The van der Waals surface area contributed by atoms with Gasteiger partial charge in [0.15, 0.2) is 0 Å². The van der Waals surface area contributed by atoms with E-state index < -0.39 is 0 Å². The van der Waals surface area contributed by atoms with E-state index in [1.807, 2.05) is 31.3 Å². The SMILES string of the molecule is CNc1ccc(C(=O)NCCc2ccco2)cc1. The average Bonchev–Trinajstić information content (AvgIpc) is 2.92. The second-order valence-corrected chi connectivity index (χ2v) is 3.91. The molecule has 1 amide bonds. The van der Waals surface area contributed by atoms with E-state index >= 15 is 0 Å². The van der Waals surface area contributed by atoms with Crippen LogP contribution in [0.5, 0.6) is 0 Å². The van der Waals surface area contributed by atoms with Crippen LogP contribution in [0.1, 0.15) is 16.1 Å². The van der Waals surface area contributed by atoms with Crippen molar-refractivity contribution in [1.29, 1.82) is 0 Å². The third-order valence-electron chi connectivity index (χ3n) is 2.67. The Bertz CT molecular complexity index is 489. The van der Waals surface area contributed by atoms with Crippen LogP contribution in [0.15, 0.2) is 47.1 Å². The van der Waals surface area contributed by atoms with Crippen molar-refractivity contribution in [1.82, 2.24) is 5.32 Å². The van der Waals surface area contributed by atoms with Gasteiger partial charge in [-0.1, -0.05) is 0 Å². The summed E-state index contributed by atoms with van der Waals surface area (Å²) in [6.07, 6.45) is 2.33. The summed E-state index contributed by atoms with van der Waals surface area (Å²) in [5.41, 5.74) is 1.65. The molecule has 18 heavy (non-hydrogen) atoms. The normalized spacial score (nSPS) is 10.1. The molecule has 0 saturated carbocycles. The van der Waals surface area contributed by atoms with Gasteiger partial charge in [0.05, 0.1) is 6.26 Å². The van der Waals surface area contributed by atoms with Gasteiger partial charge in [-0.3, -0.25) is 4.79 Å². The third-order valence-corrected chi connectivity index (χ3v) is 2.67. The number of carbonyl (C=O) groups is 1. The number of amides is 1. The predicted molar refractivity (Wildman–Crippen MR) is 70.7 cm³/mol. The van der Waals surface area contributed by atoms with E-state index in [1.165, 1.54) is 0 Å². The first-order chi connectivity index (χ1) is 8.79. The van der Waals surface area contributed by atoms with Crippen molar-refractivity contribution in [2.45, 2.75) is 6.42 Å². The summed E-state index contributed by atoms with van der Waals surface area (Å²) in [6.45, 7) is 0.570. The molecule has 0 bridgehead atoms. The molecule has 2 aromatic rings. The molecule has 1 aromatic heterocycles. The van der Waals surface area contributed by atoms with Gasteiger partial charge in [0.1, 0.15) is 5.76 Å². The van der Waals surface area contributed by atoms with Gasteiger partial charge in [-0.2, -0.15) is 0 Å². The molecular formula is C14H16N2O2. The van der Waals surface area contributed by atoms with Crippen molar-refractivity contribution >= 4 is 11.6 Å². The number of nitrogens with one attached hydrogen (secondary N) is 2. The van der Waals surface area contributed by atoms with Crippen LogP contribution in [0.25, 0.3) is 0 Å². The van der Waals surface area contributed by atoms with Gasteiger partial charge in [0.2, 0.25) is 0 Å². The Balaban J connectivity index is 1.83. The molecule has 4 heteroatoms. The zero-order valence-electron chi connectivity index (χ0n) is 10.3. The van der Waals surface area contributed by atoms with Crippen molar-refractivity contribution in [3.05, 3.63) is 54.0 Å². The van der Waals surface area contributed by atoms with E-state index in [4.69, 9.17) is 4.42 Å². The number of anilines is 1. The van der Waals surface area contributed by atoms with Crippen LogP contribution in [-0.2, 0) is 6.42 Å². The van der Waals surface area contributed by atoms with Gasteiger partial charge in [-0.25, -0.2) is 0 Å². The molecule has 0 fully saturated rings. The highest BCUT2D eigenvalue weighted by molar-refractivity contribution is 5.94. The maximum Gasteiger partial charge on any atom is 0.251 e. The van der Waals surface area contributed by atoms with Crippen LogP contribution < -0.4 is 10.6 Å². The zero-order valence-corrected chi connectivity index (χ0v) is 10.3. The number of hydrogen-bond acceptors (Lipinski definition) is 3. The Morgan fingerprint density at radius 3 is 2.61 bits per heavy atom. The molecule has 0 atom stereocenters. The number of carbonyl (C=O) groups excluding carboxylic acids is 1. The minimum atomic E-state index is -0.0655. The molecule has 2 rings (SSSR count). The Morgan fingerprint density at radius 2 is 2.00 bits per heavy atom. The summed E-state index contributed by atoms with van der Waals surface area (Å²) in [5, 5.41) is 5.87. The lowest BCUT2D eigenvalue weighted by Gasteiger charge is -2.05. The van der Waals surface area contributed by atoms with E-state index in [0.29, 0.717) is 18.5 Å². The fourth-order valence-electron chi connectivity index (χ4n) is 1.64. The summed E-state index contributed by atoms with van der Waals surface area (Å²) >= 11 is 0. The van der Waals surface area contributed by atoms with Crippen molar-refractivity contribution in [2.24, 2.45) is 0 Å².